The molecule has 0 radical (unpaired) electrons. The molecular formula is C7H14O. The Balaban J connectivity index is 2.17. The Labute approximate surface area is 51.0 Å². The molecule has 0 heterocycles. The van der Waals surface area contributed by atoms with Crippen LogP contribution in [0.15, 0.2) is 0 Å². The van der Waals surface area contributed by atoms with Gasteiger partial charge in [-0.25, -0.2) is 0 Å². The summed E-state index contributed by atoms with van der Waals surface area (Å²) in [7, 11) is 1.77. The summed E-state index contributed by atoms with van der Waals surface area (Å²) >= 11 is 0. The highest BCUT2D eigenvalue weighted by Gasteiger charge is 2.45. The van der Waals surface area contributed by atoms with Gasteiger partial charge in [0, 0.05) is 13.7 Å². The Morgan fingerprint density at radius 1 is 1.62 bits per heavy atom. The molecule has 0 amide bonds. The first-order valence-corrected chi connectivity index (χ1v) is 3.16. The molecule has 0 saturated heterocycles. The van der Waals surface area contributed by atoms with Crippen molar-refractivity contribution >= 4 is 0 Å². The minimum Gasteiger partial charge on any atom is -0.384 e. The molecule has 1 saturated carbocycles. The lowest BCUT2D eigenvalue weighted by molar-refractivity contribution is 0.174. The standard InChI is InChI=1S/C7H14O/c1-7(2)4-6(7)5-8-3/h6H,4-5H2,1-3H3. The Morgan fingerprint density at radius 2 is 2.12 bits per heavy atom. The van der Waals surface area contributed by atoms with Gasteiger partial charge in [0.25, 0.3) is 0 Å². The molecule has 1 unspecified atom stereocenters. The van der Waals surface area contributed by atoms with Crippen LogP contribution in [0.5, 0.6) is 0 Å². The number of methoxy groups -OCH3 is 1. The maximum absolute atomic E-state index is 5.00. The molecule has 0 aromatic rings. The second kappa shape index (κ2) is 1.73. The molecule has 1 atom stereocenters. The monoisotopic (exact) mass is 114 g/mol. The van der Waals surface area contributed by atoms with E-state index in [1.165, 1.54) is 6.42 Å². The van der Waals surface area contributed by atoms with E-state index in [4.69, 9.17) is 4.74 Å². The molecule has 48 valence electrons. The van der Waals surface area contributed by atoms with E-state index in [0.717, 1.165) is 12.5 Å². The van der Waals surface area contributed by atoms with Crippen LogP contribution in [-0.4, -0.2) is 13.7 Å². The summed E-state index contributed by atoms with van der Waals surface area (Å²) in [6, 6.07) is 0. The van der Waals surface area contributed by atoms with Crippen LogP contribution in [0, 0.1) is 11.3 Å². The van der Waals surface area contributed by atoms with Gasteiger partial charge in [0.1, 0.15) is 0 Å². The van der Waals surface area contributed by atoms with Crippen LogP contribution in [-0.2, 0) is 4.74 Å². The average molecular weight is 114 g/mol. The van der Waals surface area contributed by atoms with Crippen LogP contribution >= 0.6 is 0 Å². The summed E-state index contributed by atoms with van der Waals surface area (Å²) in [6.45, 7) is 5.53. The van der Waals surface area contributed by atoms with Gasteiger partial charge in [0.05, 0.1) is 0 Å². The van der Waals surface area contributed by atoms with E-state index >= 15 is 0 Å². The van der Waals surface area contributed by atoms with Crippen molar-refractivity contribution in [2.45, 2.75) is 20.3 Å². The lowest BCUT2D eigenvalue weighted by Gasteiger charge is -1.99. The van der Waals surface area contributed by atoms with Crippen LogP contribution in [0.4, 0.5) is 0 Å². The van der Waals surface area contributed by atoms with Gasteiger partial charge in [-0.2, -0.15) is 0 Å². The number of hydrogen-bond donors (Lipinski definition) is 0. The molecule has 0 aromatic carbocycles. The van der Waals surface area contributed by atoms with Crippen molar-refractivity contribution in [2.75, 3.05) is 13.7 Å². The fourth-order valence-corrected chi connectivity index (χ4v) is 1.06. The topological polar surface area (TPSA) is 9.23 Å². The summed E-state index contributed by atoms with van der Waals surface area (Å²) in [5.41, 5.74) is 0.593. The van der Waals surface area contributed by atoms with Crippen LogP contribution in [0.2, 0.25) is 0 Å². The maximum Gasteiger partial charge on any atom is 0.0495 e. The van der Waals surface area contributed by atoms with E-state index in [1.54, 1.807) is 7.11 Å². The molecular weight excluding hydrogens is 100 g/mol. The summed E-state index contributed by atoms with van der Waals surface area (Å²) in [5, 5.41) is 0. The minimum absolute atomic E-state index is 0.593. The lowest BCUT2D eigenvalue weighted by Crippen LogP contribution is -1.97. The van der Waals surface area contributed by atoms with Crippen molar-refractivity contribution < 1.29 is 4.74 Å². The van der Waals surface area contributed by atoms with Gasteiger partial charge in [-0.3, -0.25) is 0 Å². The minimum atomic E-state index is 0.593. The molecule has 0 spiro atoms. The van der Waals surface area contributed by atoms with Gasteiger partial charge in [-0.05, 0) is 17.8 Å². The van der Waals surface area contributed by atoms with Crippen molar-refractivity contribution in [2.24, 2.45) is 11.3 Å². The molecule has 1 aliphatic rings. The second-order valence-electron chi connectivity index (χ2n) is 3.34. The first kappa shape index (κ1) is 6.09. The molecule has 0 aromatic heterocycles. The van der Waals surface area contributed by atoms with Crippen LogP contribution in [0.3, 0.4) is 0 Å². The Morgan fingerprint density at radius 3 is 2.25 bits per heavy atom. The average Bonchev–Trinajstić information content (AvgIpc) is 2.15. The van der Waals surface area contributed by atoms with Gasteiger partial charge >= 0.3 is 0 Å². The van der Waals surface area contributed by atoms with E-state index < -0.39 is 0 Å². The predicted molar refractivity (Wildman–Crippen MR) is 33.8 cm³/mol. The van der Waals surface area contributed by atoms with E-state index in [2.05, 4.69) is 13.8 Å². The van der Waals surface area contributed by atoms with Crippen molar-refractivity contribution in [3.63, 3.8) is 0 Å². The fourth-order valence-electron chi connectivity index (χ4n) is 1.06. The summed E-state index contributed by atoms with van der Waals surface area (Å²) in [6.07, 6.45) is 1.35. The van der Waals surface area contributed by atoms with Gasteiger partial charge < -0.3 is 4.74 Å². The third kappa shape index (κ3) is 1.03. The lowest BCUT2D eigenvalue weighted by atomic mass is 10.1. The highest BCUT2D eigenvalue weighted by Crippen LogP contribution is 2.51. The molecule has 1 fully saturated rings. The molecule has 8 heavy (non-hydrogen) atoms. The van der Waals surface area contributed by atoms with Gasteiger partial charge in [0.2, 0.25) is 0 Å². The SMILES string of the molecule is COCC1CC1(C)C. The van der Waals surface area contributed by atoms with Crippen LogP contribution in [0.1, 0.15) is 20.3 Å². The summed E-state index contributed by atoms with van der Waals surface area (Å²) in [5.74, 6) is 0.840. The fraction of sp³-hybridized carbons (Fsp3) is 1.00. The molecule has 1 nitrogen and oxygen atoms in total. The van der Waals surface area contributed by atoms with Crippen LogP contribution < -0.4 is 0 Å². The van der Waals surface area contributed by atoms with E-state index in [-0.39, 0.29) is 0 Å². The van der Waals surface area contributed by atoms with Gasteiger partial charge in [-0.1, -0.05) is 13.8 Å². The first-order valence-electron chi connectivity index (χ1n) is 3.16. The third-order valence-corrected chi connectivity index (χ3v) is 2.09. The van der Waals surface area contributed by atoms with E-state index in [0.29, 0.717) is 5.41 Å². The molecule has 1 rings (SSSR count). The molecule has 0 bridgehead atoms. The highest BCUT2D eigenvalue weighted by molar-refractivity contribution is 4.94. The molecule has 0 N–H and O–H groups in total. The van der Waals surface area contributed by atoms with Crippen molar-refractivity contribution in [1.29, 1.82) is 0 Å². The highest BCUT2D eigenvalue weighted by atomic mass is 16.5. The first-order chi connectivity index (χ1) is 3.67. The van der Waals surface area contributed by atoms with E-state index in [9.17, 15) is 0 Å². The van der Waals surface area contributed by atoms with E-state index in [1.807, 2.05) is 0 Å². The smallest absolute Gasteiger partial charge is 0.0495 e. The quantitative estimate of drug-likeness (QED) is 0.530. The Bertz CT molecular complexity index is 86.4. The zero-order chi connectivity index (χ0) is 6.20. The van der Waals surface area contributed by atoms with Crippen LogP contribution in [0.25, 0.3) is 0 Å². The Kier molecular flexibility index (Phi) is 1.31. The second-order valence-corrected chi connectivity index (χ2v) is 3.34. The number of ether oxygens (including phenoxy) is 1. The molecule has 1 heteroatoms. The maximum atomic E-state index is 5.00. The van der Waals surface area contributed by atoms with Crippen molar-refractivity contribution in [3.8, 4) is 0 Å². The molecule has 0 aliphatic heterocycles. The third-order valence-electron chi connectivity index (χ3n) is 2.09. The Hall–Kier alpha value is -0.0400. The largest absolute Gasteiger partial charge is 0.384 e. The predicted octanol–water partition coefficient (Wildman–Crippen LogP) is 1.68. The number of rotatable bonds is 2. The summed E-state index contributed by atoms with van der Waals surface area (Å²) in [4.78, 5) is 0. The van der Waals surface area contributed by atoms with Crippen molar-refractivity contribution in [3.05, 3.63) is 0 Å². The number of hydrogen-bond acceptors (Lipinski definition) is 1. The zero-order valence-corrected chi connectivity index (χ0v) is 5.90. The normalized spacial score (nSPS) is 32.6. The van der Waals surface area contributed by atoms with Gasteiger partial charge in [-0.15, -0.1) is 0 Å². The zero-order valence-electron chi connectivity index (χ0n) is 5.90. The van der Waals surface area contributed by atoms with Crippen molar-refractivity contribution in [1.82, 2.24) is 0 Å². The summed E-state index contributed by atoms with van der Waals surface area (Å²) < 4.78 is 5.00. The molecule has 1 aliphatic carbocycles. The van der Waals surface area contributed by atoms with Gasteiger partial charge in [0.15, 0.2) is 0 Å².